The van der Waals surface area contributed by atoms with Crippen LogP contribution >= 0.6 is 0 Å². The molecule has 12 heavy (non-hydrogen) atoms. The van der Waals surface area contributed by atoms with E-state index in [0.29, 0.717) is 0 Å². The van der Waals surface area contributed by atoms with Crippen LogP contribution in [0, 0.1) is 0 Å². The first kappa shape index (κ1) is 9.70. The molecule has 1 heterocycles. The van der Waals surface area contributed by atoms with Gasteiger partial charge in [-0.15, -0.1) is 0 Å². The molecular formula is C6H7F5O. The summed E-state index contributed by atoms with van der Waals surface area (Å²) in [5.74, 6) is -4.61. The van der Waals surface area contributed by atoms with Crippen molar-refractivity contribution in [3.8, 4) is 0 Å². The molecule has 1 rings (SSSR count). The van der Waals surface area contributed by atoms with Gasteiger partial charge in [-0.25, -0.2) is 0 Å². The SMILES string of the molecule is FC(F)(F)C(F)(F)CC1CCO1. The van der Waals surface area contributed by atoms with Crippen LogP contribution in [0.5, 0.6) is 0 Å². The summed E-state index contributed by atoms with van der Waals surface area (Å²) in [5.41, 5.74) is 0. The first-order chi connectivity index (χ1) is 5.33. The number of hydrogen-bond acceptors (Lipinski definition) is 1. The van der Waals surface area contributed by atoms with Crippen LogP contribution in [0.15, 0.2) is 0 Å². The van der Waals surface area contributed by atoms with Gasteiger partial charge in [0.1, 0.15) is 0 Å². The van der Waals surface area contributed by atoms with Crippen molar-refractivity contribution in [1.29, 1.82) is 0 Å². The molecule has 1 aliphatic rings. The quantitative estimate of drug-likeness (QED) is 0.607. The summed E-state index contributed by atoms with van der Waals surface area (Å²) in [7, 11) is 0. The lowest BCUT2D eigenvalue weighted by atomic mass is 10.0. The second-order valence-corrected chi connectivity index (χ2v) is 2.69. The molecule has 1 aliphatic heterocycles. The van der Waals surface area contributed by atoms with Gasteiger partial charge in [-0.2, -0.15) is 22.0 Å². The molecule has 1 fully saturated rings. The van der Waals surface area contributed by atoms with Gasteiger partial charge in [-0.05, 0) is 6.42 Å². The van der Waals surface area contributed by atoms with E-state index in [1.165, 1.54) is 0 Å². The van der Waals surface area contributed by atoms with Crippen molar-refractivity contribution in [3.05, 3.63) is 0 Å². The minimum atomic E-state index is -5.45. The highest BCUT2D eigenvalue weighted by molar-refractivity contribution is 4.82. The first-order valence-corrected chi connectivity index (χ1v) is 3.39. The molecule has 6 heteroatoms. The second-order valence-electron chi connectivity index (χ2n) is 2.69. The maximum atomic E-state index is 12.2. The zero-order chi connectivity index (χ0) is 9.41. The minimum absolute atomic E-state index is 0.276. The van der Waals surface area contributed by atoms with Crippen LogP contribution in [0.1, 0.15) is 12.8 Å². The highest BCUT2D eigenvalue weighted by Gasteiger charge is 2.58. The Balaban J connectivity index is 2.46. The fourth-order valence-corrected chi connectivity index (χ4v) is 0.847. The molecule has 0 saturated carbocycles. The number of hydrogen-bond donors (Lipinski definition) is 0. The van der Waals surface area contributed by atoms with Crippen molar-refractivity contribution in [3.63, 3.8) is 0 Å². The van der Waals surface area contributed by atoms with Gasteiger partial charge in [0.05, 0.1) is 6.10 Å². The fourth-order valence-electron chi connectivity index (χ4n) is 0.847. The van der Waals surface area contributed by atoms with E-state index < -0.39 is 24.6 Å². The van der Waals surface area contributed by atoms with E-state index in [9.17, 15) is 22.0 Å². The second kappa shape index (κ2) is 2.83. The summed E-state index contributed by atoms with van der Waals surface area (Å²) in [4.78, 5) is 0. The van der Waals surface area contributed by atoms with E-state index in [0.717, 1.165) is 0 Å². The van der Waals surface area contributed by atoms with Crippen LogP contribution < -0.4 is 0 Å². The molecule has 0 aliphatic carbocycles. The molecule has 0 bridgehead atoms. The summed E-state index contributed by atoms with van der Waals surface area (Å²) in [6, 6.07) is 0. The van der Waals surface area contributed by atoms with Crippen molar-refractivity contribution in [2.75, 3.05) is 6.61 Å². The molecule has 0 N–H and O–H groups in total. The van der Waals surface area contributed by atoms with E-state index in [-0.39, 0.29) is 13.0 Å². The molecule has 1 atom stereocenters. The van der Waals surface area contributed by atoms with E-state index >= 15 is 0 Å². The summed E-state index contributed by atoms with van der Waals surface area (Å²) >= 11 is 0. The van der Waals surface area contributed by atoms with Gasteiger partial charge in [0.25, 0.3) is 0 Å². The maximum absolute atomic E-state index is 12.2. The van der Waals surface area contributed by atoms with Crippen molar-refractivity contribution in [2.24, 2.45) is 0 Å². The average Bonchev–Trinajstić information content (AvgIpc) is 1.76. The lowest BCUT2D eigenvalue weighted by Gasteiger charge is -2.30. The molecule has 0 spiro atoms. The standard InChI is InChI=1S/C6H7F5O/c7-5(8,6(9,10)11)3-4-1-2-12-4/h4H,1-3H2. The van der Waals surface area contributed by atoms with Gasteiger partial charge in [-0.1, -0.05) is 0 Å². The van der Waals surface area contributed by atoms with E-state index in [2.05, 4.69) is 4.74 Å². The Morgan fingerprint density at radius 3 is 1.92 bits per heavy atom. The van der Waals surface area contributed by atoms with Gasteiger partial charge >= 0.3 is 12.1 Å². The number of rotatable bonds is 2. The molecule has 0 aromatic rings. The van der Waals surface area contributed by atoms with Crippen LogP contribution in [0.25, 0.3) is 0 Å². The summed E-state index contributed by atoms with van der Waals surface area (Å²) in [6.07, 6.45) is -7.35. The van der Waals surface area contributed by atoms with Gasteiger partial charge < -0.3 is 4.74 Å². The van der Waals surface area contributed by atoms with Gasteiger partial charge in [0.2, 0.25) is 0 Å². The molecule has 1 saturated heterocycles. The van der Waals surface area contributed by atoms with Crippen molar-refractivity contribution in [2.45, 2.75) is 31.0 Å². The third kappa shape index (κ3) is 1.85. The molecule has 0 radical (unpaired) electrons. The van der Waals surface area contributed by atoms with Gasteiger partial charge in [0, 0.05) is 13.0 Å². The Kier molecular flexibility index (Phi) is 2.29. The zero-order valence-electron chi connectivity index (χ0n) is 6.00. The van der Waals surface area contributed by atoms with Crippen LogP contribution in [0.2, 0.25) is 0 Å². The molecule has 0 aromatic heterocycles. The van der Waals surface area contributed by atoms with E-state index in [1.807, 2.05) is 0 Å². The lowest BCUT2D eigenvalue weighted by molar-refractivity contribution is -0.296. The highest BCUT2D eigenvalue weighted by Crippen LogP contribution is 2.40. The van der Waals surface area contributed by atoms with Crippen LogP contribution in [0.3, 0.4) is 0 Å². The Morgan fingerprint density at radius 1 is 1.17 bits per heavy atom. The van der Waals surface area contributed by atoms with Crippen molar-refractivity contribution < 1.29 is 26.7 Å². The highest BCUT2D eigenvalue weighted by atomic mass is 19.4. The lowest BCUT2D eigenvalue weighted by Crippen LogP contribution is -2.43. The summed E-state index contributed by atoms with van der Waals surface area (Å²) < 4.78 is 63.5. The molecule has 72 valence electrons. The van der Waals surface area contributed by atoms with Gasteiger partial charge in [-0.3, -0.25) is 0 Å². The molecule has 1 unspecified atom stereocenters. The topological polar surface area (TPSA) is 9.23 Å². The third-order valence-corrected chi connectivity index (χ3v) is 1.69. The molecular weight excluding hydrogens is 183 g/mol. The number of alkyl halides is 5. The zero-order valence-corrected chi connectivity index (χ0v) is 6.00. The average molecular weight is 190 g/mol. The number of ether oxygens (including phenoxy) is 1. The van der Waals surface area contributed by atoms with Crippen LogP contribution in [-0.4, -0.2) is 24.8 Å². The monoisotopic (exact) mass is 190 g/mol. The van der Waals surface area contributed by atoms with E-state index in [1.54, 1.807) is 0 Å². The Hall–Kier alpha value is -0.390. The first-order valence-electron chi connectivity index (χ1n) is 3.39. The smallest absolute Gasteiger partial charge is 0.378 e. The largest absolute Gasteiger partial charge is 0.453 e. The summed E-state index contributed by atoms with van der Waals surface area (Å²) in [5, 5.41) is 0. The molecule has 1 nitrogen and oxygen atoms in total. The number of halogens is 5. The third-order valence-electron chi connectivity index (χ3n) is 1.69. The molecule has 0 amide bonds. The van der Waals surface area contributed by atoms with E-state index in [4.69, 9.17) is 0 Å². The molecule has 0 aromatic carbocycles. The van der Waals surface area contributed by atoms with Crippen LogP contribution in [-0.2, 0) is 4.74 Å². The predicted octanol–water partition coefficient (Wildman–Crippen LogP) is 2.36. The maximum Gasteiger partial charge on any atom is 0.453 e. The van der Waals surface area contributed by atoms with Crippen molar-refractivity contribution in [1.82, 2.24) is 0 Å². The predicted molar refractivity (Wildman–Crippen MR) is 30.0 cm³/mol. The fraction of sp³-hybridized carbons (Fsp3) is 1.00. The summed E-state index contributed by atoms with van der Waals surface area (Å²) in [6.45, 7) is 0.276. The Bertz CT molecular complexity index is 160. The van der Waals surface area contributed by atoms with Gasteiger partial charge in [0.15, 0.2) is 0 Å². The van der Waals surface area contributed by atoms with Crippen molar-refractivity contribution >= 4 is 0 Å². The normalized spacial score (nSPS) is 25.2. The Labute approximate surface area is 65.5 Å². The minimum Gasteiger partial charge on any atom is -0.378 e. The Morgan fingerprint density at radius 2 is 1.67 bits per heavy atom. The van der Waals surface area contributed by atoms with Crippen LogP contribution in [0.4, 0.5) is 22.0 Å².